The molecule has 1 aliphatic carbocycles. The number of likely N-dealkylation sites (tertiary alicyclic amines) is 1. The number of piperidine rings is 1. The van der Waals surface area contributed by atoms with Gasteiger partial charge in [0, 0.05) is 18.5 Å². The quantitative estimate of drug-likeness (QED) is 0.434. The van der Waals surface area contributed by atoms with Crippen molar-refractivity contribution >= 4 is 28.1 Å². The Morgan fingerprint density at radius 1 is 1.11 bits per heavy atom. The Morgan fingerprint density at radius 2 is 1.89 bits per heavy atom. The zero-order valence-electron chi connectivity index (χ0n) is 20.6. The van der Waals surface area contributed by atoms with Crippen molar-refractivity contribution in [1.82, 2.24) is 29.2 Å². The van der Waals surface area contributed by atoms with E-state index in [0.717, 1.165) is 36.1 Å². The van der Waals surface area contributed by atoms with Gasteiger partial charge in [0.25, 0.3) is 5.56 Å². The molecule has 1 aliphatic heterocycles. The minimum atomic E-state index is -1.06. The van der Waals surface area contributed by atoms with Gasteiger partial charge in [0.15, 0.2) is 0 Å². The summed E-state index contributed by atoms with van der Waals surface area (Å²) in [5.74, 6) is 0.0162. The predicted octanol–water partition coefficient (Wildman–Crippen LogP) is 3.50. The van der Waals surface area contributed by atoms with Crippen molar-refractivity contribution in [1.29, 1.82) is 0 Å². The van der Waals surface area contributed by atoms with E-state index in [2.05, 4.69) is 15.1 Å². The summed E-state index contributed by atoms with van der Waals surface area (Å²) in [4.78, 5) is 38.2. The molecule has 0 radical (unpaired) electrons. The molecule has 0 bridgehead atoms. The summed E-state index contributed by atoms with van der Waals surface area (Å²) in [5, 5.41) is 18.1. The smallest absolute Gasteiger partial charge is 0.262 e. The Bertz CT molecular complexity index is 1440. The summed E-state index contributed by atoms with van der Waals surface area (Å²) >= 11 is 1.51. The van der Waals surface area contributed by atoms with Crippen molar-refractivity contribution < 1.29 is 9.90 Å². The first kappa shape index (κ1) is 24.0. The molecule has 2 fully saturated rings. The van der Waals surface area contributed by atoms with E-state index < -0.39 is 5.60 Å². The van der Waals surface area contributed by atoms with E-state index in [0.29, 0.717) is 36.8 Å². The fraction of sp³-hybridized carbons (Fsp3) is 0.444. The van der Waals surface area contributed by atoms with Crippen molar-refractivity contribution in [3.05, 3.63) is 65.0 Å². The summed E-state index contributed by atoms with van der Waals surface area (Å²) in [5.41, 5.74) is 0.519. The average molecular weight is 519 g/mol. The third-order valence-electron chi connectivity index (χ3n) is 7.91. The van der Waals surface area contributed by atoms with Gasteiger partial charge in [-0.15, -0.1) is 11.3 Å². The van der Waals surface area contributed by atoms with E-state index in [1.165, 1.54) is 22.2 Å². The number of amides is 1. The highest BCUT2D eigenvalue weighted by atomic mass is 32.1. The molecule has 4 heterocycles. The molecule has 1 N–H and O–H groups in total. The van der Waals surface area contributed by atoms with Gasteiger partial charge in [-0.2, -0.15) is 5.10 Å². The number of thiophene rings is 1. The summed E-state index contributed by atoms with van der Waals surface area (Å²) in [6, 6.07) is 9.96. The molecule has 0 unspecified atom stereocenters. The van der Waals surface area contributed by atoms with Crippen LogP contribution in [0, 0.1) is 5.92 Å². The molecule has 9 nitrogen and oxygen atoms in total. The molecule has 37 heavy (non-hydrogen) atoms. The highest BCUT2D eigenvalue weighted by Gasteiger charge is 2.40. The van der Waals surface area contributed by atoms with Crippen molar-refractivity contribution in [2.24, 2.45) is 5.92 Å². The zero-order chi connectivity index (χ0) is 25.4. The first-order chi connectivity index (χ1) is 18.0. The maximum absolute atomic E-state index is 13.5. The van der Waals surface area contributed by atoms with Gasteiger partial charge in [0.1, 0.15) is 12.7 Å². The van der Waals surface area contributed by atoms with Crippen LogP contribution in [-0.4, -0.2) is 58.9 Å². The van der Waals surface area contributed by atoms with Crippen LogP contribution in [0.5, 0.6) is 0 Å². The van der Waals surface area contributed by atoms with Crippen LogP contribution < -0.4 is 5.56 Å². The van der Waals surface area contributed by atoms with Gasteiger partial charge < -0.3 is 10.0 Å². The maximum Gasteiger partial charge on any atom is 0.262 e. The molecule has 1 saturated heterocycles. The molecule has 1 amide bonds. The third kappa shape index (κ3) is 4.59. The van der Waals surface area contributed by atoms with Crippen LogP contribution >= 0.6 is 11.3 Å². The van der Waals surface area contributed by atoms with Gasteiger partial charge in [-0.25, -0.2) is 14.6 Å². The number of aromatic nitrogens is 5. The van der Waals surface area contributed by atoms with Gasteiger partial charge in [-0.05, 0) is 31.2 Å². The van der Waals surface area contributed by atoms with Crippen LogP contribution in [0.1, 0.15) is 44.6 Å². The Balaban J connectivity index is 1.15. The lowest BCUT2D eigenvalue weighted by molar-refractivity contribution is -0.143. The van der Waals surface area contributed by atoms with Crippen molar-refractivity contribution in [2.75, 3.05) is 13.1 Å². The lowest BCUT2D eigenvalue weighted by Crippen LogP contribution is -2.51. The highest BCUT2D eigenvalue weighted by Crippen LogP contribution is 2.36. The molecule has 1 saturated carbocycles. The first-order valence-electron chi connectivity index (χ1n) is 12.9. The normalized spacial score (nSPS) is 21.8. The predicted molar refractivity (Wildman–Crippen MR) is 141 cm³/mol. The number of fused-ring (bicyclic) bond motifs is 1. The Hall–Kier alpha value is -3.37. The van der Waals surface area contributed by atoms with Gasteiger partial charge in [0.2, 0.25) is 5.91 Å². The van der Waals surface area contributed by atoms with Gasteiger partial charge in [0.05, 0.1) is 46.2 Å². The molecule has 6 rings (SSSR count). The van der Waals surface area contributed by atoms with Crippen molar-refractivity contribution in [2.45, 2.75) is 56.7 Å². The molecule has 3 aromatic heterocycles. The number of carbonyl (C=O) groups excluding carboxylic acids is 1. The van der Waals surface area contributed by atoms with Crippen LogP contribution in [0.2, 0.25) is 0 Å². The molecular weight excluding hydrogens is 488 g/mol. The first-order valence-corrected chi connectivity index (χ1v) is 13.8. The fourth-order valence-corrected chi connectivity index (χ4v) is 6.83. The standard InChI is InChI=1S/C27H30N6O3S/c34-25(20-8-4-5-9-22(20)33-17-28-16-30-33)31-12-10-27(36,11-13-31)15-32-18-29-23-21(26(32)35)14-37-24(23)19-6-2-1-3-7-19/h1-3,6-7,14,16-18,20,22,36H,4-5,8-13,15H2/t20-,22-/m0/s1. The van der Waals surface area contributed by atoms with E-state index in [9.17, 15) is 14.7 Å². The number of hydrogen-bond acceptors (Lipinski definition) is 7. The van der Waals surface area contributed by atoms with E-state index in [1.807, 2.05) is 45.3 Å². The minimum absolute atomic E-state index is 0.0346. The molecule has 2 aliphatic rings. The lowest BCUT2D eigenvalue weighted by atomic mass is 9.82. The molecular formula is C27H30N6O3S. The summed E-state index contributed by atoms with van der Waals surface area (Å²) in [6.45, 7) is 1.10. The van der Waals surface area contributed by atoms with Crippen LogP contribution in [0.15, 0.2) is 59.5 Å². The largest absolute Gasteiger partial charge is 0.388 e. The second-order valence-corrected chi connectivity index (χ2v) is 11.1. The number of benzene rings is 1. The third-order valence-corrected chi connectivity index (χ3v) is 8.93. The van der Waals surface area contributed by atoms with Crippen LogP contribution in [0.4, 0.5) is 0 Å². The van der Waals surface area contributed by atoms with Crippen LogP contribution in [0.25, 0.3) is 21.3 Å². The second-order valence-electron chi connectivity index (χ2n) is 10.3. The van der Waals surface area contributed by atoms with Crippen molar-refractivity contribution in [3.63, 3.8) is 0 Å². The summed E-state index contributed by atoms with van der Waals surface area (Å²) in [6.07, 6.45) is 9.48. The Morgan fingerprint density at radius 3 is 2.65 bits per heavy atom. The minimum Gasteiger partial charge on any atom is -0.388 e. The molecule has 192 valence electrons. The molecule has 2 atom stereocenters. The number of aliphatic hydroxyl groups is 1. The van der Waals surface area contributed by atoms with Crippen LogP contribution in [-0.2, 0) is 11.3 Å². The lowest BCUT2D eigenvalue weighted by Gasteiger charge is -2.41. The summed E-state index contributed by atoms with van der Waals surface area (Å²) < 4.78 is 3.34. The molecule has 1 aromatic carbocycles. The average Bonchev–Trinajstić information content (AvgIpc) is 3.62. The Kier molecular flexibility index (Phi) is 6.37. The molecule has 10 heteroatoms. The van der Waals surface area contributed by atoms with E-state index in [4.69, 9.17) is 0 Å². The number of hydrogen-bond donors (Lipinski definition) is 1. The second kappa shape index (κ2) is 9.83. The maximum atomic E-state index is 13.5. The number of rotatable bonds is 5. The Labute approximate surface area is 218 Å². The summed E-state index contributed by atoms with van der Waals surface area (Å²) in [7, 11) is 0. The van der Waals surface area contributed by atoms with E-state index in [1.54, 1.807) is 12.7 Å². The van der Waals surface area contributed by atoms with E-state index in [-0.39, 0.29) is 30.0 Å². The highest BCUT2D eigenvalue weighted by molar-refractivity contribution is 7.15. The van der Waals surface area contributed by atoms with Crippen LogP contribution in [0.3, 0.4) is 0 Å². The van der Waals surface area contributed by atoms with E-state index >= 15 is 0 Å². The van der Waals surface area contributed by atoms with Crippen molar-refractivity contribution in [3.8, 4) is 10.4 Å². The van der Waals surface area contributed by atoms with Gasteiger partial charge in [-0.1, -0.05) is 43.2 Å². The topological polar surface area (TPSA) is 106 Å². The zero-order valence-corrected chi connectivity index (χ0v) is 21.4. The van der Waals surface area contributed by atoms with Gasteiger partial charge in [-0.3, -0.25) is 14.2 Å². The monoisotopic (exact) mass is 518 g/mol. The SMILES string of the molecule is O=C([C@H]1CCCC[C@@H]1n1cncn1)N1CCC(O)(Cn2cnc3c(-c4ccccc4)scc3c2=O)CC1. The van der Waals surface area contributed by atoms with Gasteiger partial charge >= 0.3 is 0 Å². The fourth-order valence-electron chi connectivity index (χ4n) is 5.83. The number of nitrogens with zero attached hydrogens (tertiary/aromatic N) is 6. The molecule has 0 spiro atoms. The number of carbonyl (C=O) groups is 1. The molecule has 4 aromatic rings.